The van der Waals surface area contributed by atoms with Crippen molar-refractivity contribution in [1.82, 2.24) is 15.4 Å². The Kier molecular flexibility index (Phi) is 6.49. The zero-order valence-corrected chi connectivity index (χ0v) is 17.2. The fourth-order valence-corrected chi connectivity index (χ4v) is 4.61. The van der Waals surface area contributed by atoms with Gasteiger partial charge in [0.25, 0.3) is 5.91 Å². The van der Waals surface area contributed by atoms with E-state index < -0.39 is 0 Å². The van der Waals surface area contributed by atoms with E-state index in [1.807, 2.05) is 24.3 Å². The summed E-state index contributed by atoms with van der Waals surface area (Å²) in [6, 6.07) is 10.3. The number of nitrogens with one attached hydrogen (secondary N) is 1. The first-order valence-electron chi connectivity index (χ1n) is 10.8. The summed E-state index contributed by atoms with van der Waals surface area (Å²) in [7, 11) is 1.72. The van der Waals surface area contributed by atoms with E-state index >= 15 is 0 Å². The Morgan fingerprint density at radius 2 is 2.03 bits per heavy atom. The van der Waals surface area contributed by atoms with Crippen molar-refractivity contribution in [1.29, 1.82) is 0 Å². The van der Waals surface area contributed by atoms with Crippen molar-refractivity contribution in [2.24, 2.45) is 0 Å². The van der Waals surface area contributed by atoms with E-state index in [0.717, 1.165) is 56.8 Å². The van der Waals surface area contributed by atoms with E-state index in [0.29, 0.717) is 11.7 Å². The first kappa shape index (κ1) is 20.0. The molecule has 1 aromatic carbocycles. The average Bonchev–Trinajstić information content (AvgIpc) is 3.26. The molecule has 0 spiro atoms. The monoisotopic (exact) mass is 397 g/mol. The number of benzene rings is 1. The van der Waals surface area contributed by atoms with Crippen LogP contribution in [0.1, 0.15) is 72.7 Å². The Morgan fingerprint density at radius 1 is 1.21 bits per heavy atom. The van der Waals surface area contributed by atoms with Crippen LogP contribution in [-0.2, 0) is 6.54 Å². The minimum Gasteiger partial charge on any atom is -0.496 e. The summed E-state index contributed by atoms with van der Waals surface area (Å²) in [5, 5.41) is 7.35. The molecular weight excluding hydrogens is 366 g/mol. The van der Waals surface area contributed by atoms with Gasteiger partial charge in [0.2, 0.25) is 5.76 Å². The number of amides is 1. The van der Waals surface area contributed by atoms with Gasteiger partial charge < -0.3 is 14.6 Å². The summed E-state index contributed by atoms with van der Waals surface area (Å²) in [5.74, 6) is 1.43. The van der Waals surface area contributed by atoms with Gasteiger partial charge >= 0.3 is 0 Å². The molecule has 4 rings (SSSR count). The summed E-state index contributed by atoms with van der Waals surface area (Å²) in [6.45, 7) is 2.82. The van der Waals surface area contributed by atoms with Crippen molar-refractivity contribution in [2.75, 3.05) is 20.2 Å². The number of likely N-dealkylation sites (tertiary alicyclic amines) is 1. The van der Waals surface area contributed by atoms with Crippen molar-refractivity contribution in [3.8, 4) is 5.75 Å². The highest BCUT2D eigenvalue weighted by molar-refractivity contribution is 5.91. The molecular formula is C23H31N3O3. The van der Waals surface area contributed by atoms with Gasteiger partial charge in [-0.15, -0.1) is 0 Å². The largest absolute Gasteiger partial charge is 0.496 e. The summed E-state index contributed by atoms with van der Waals surface area (Å²) < 4.78 is 10.9. The van der Waals surface area contributed by atoms with E-state index in [4.69, 9.17) is 9.26 Å². The van der Waals surface area contributed by atoms with Crippen molar-refractivity contribution >= 4 is 5.91 Å². The van der Waals surface area contributed by atoms with Crippen LogP contribution < -0.4 is 10.1 Å². The smallest absolute Gasteiger partial charge is 0.290 e. The standard InChI is InChI=1S/C23H31N3O3/c1-28-21-12-6-5-8-18(21)16-26-13-7-9-17(15-26)20-14-22(29-25-20)23(27)24-19-10-3-2-4-11-19/h5-6,8,12,14,17,19H,2-4,7,9-11,13,15-16H2,1H3,(H,24,27)/t17-/m1/s1. The van der Waals surface area contributed by atoms with Crippen LogP contribution in [0.25, 0.3) is 0 Å². The van der Waals surface area contributed by atoms with Crippen LogP contribution in [0.15, 0.2) is 34.9 Å². The lowest BCUT2D eigenvalue weighted by Crippen LogP contribution is -2.36. The second-order valence-electron chi connectivity index (χ2n) is 8.31. The third kappa shape index (κ3) is 4.99. The van der Waals surface area contributed by atoms with Crippen LogP contribution in [-0.4, -0.2) is 42.2 Å². The summed E-state index contributed by atoms with van der Waals surface area (Å²) in [6.07, 6.45) is 7.95. The van der Waals surface area contributed by atoms with Gasteiger partial charge in [-0.25, -0.2) is 0 Å². The molecule has 2 heterocycles. The molecule has 1 saturated heterocycles. The predicted molar refractivity (Wildman–Crippen MR) is 111 cm³/mol. The number of nitrogens with zero attached hydrogens (tertiary/aromatic N) is 2. The van der Waals surface area contributed by atoms with Gasteiger partial charge in [0, 0.05) is 36.7 Å². The number of para-hydroxylation sites is 1. The molecule has 156 valence electrons. The van der Waals surface area contributed by atoms with E-state index in [9.17, 15) is 4.79 Å². The number of hydrogen-bond acceptors (Lipinski definition) is 5. The first-order chi connectivity index (χ1) is 14.2. The van der Waals surface area contributed by atoms with Gasteiger partial charge in [0.1, 0.15) is 5.75 Å². The number of carbonyl (C=O) groups is 1. The zero-order chi connectivity index (χ0) is 20.1. The Balaban J connectivity index is 1.36. The molecule has 29 heavy (non-hydrogen) atoms. The fraction of sp³-hybridized carbons (Fsp3) is 0.565. The third-order valence-corrected chi connectivity index (χ3v) is 6.20. The first-order valence-corrected chi connectivity index (χ1v) is 10.8. The zero-order valence-electron chi connectivity index (χ0n) is 17.2. The Labute approximate surface area is 172 Å². The van der Waals surface area contributed by atoms with Gasteiger partial charge in [-0.2, -0.15) is 0 Å². The van der Waals surface area contributed by atoms with Crippen LogP contribution in [0.5, 0.6) is 5.75 Å². The van der Waals surface area contributed by atoms with Crippen molar-refractivity contribution in [2.45, 2.75) is 63.5 Å². The van der Waals surface area contributed by atoms with Gasteiger partial charge in [0.15, 0.2) is 0 Å². The van der Waals surface area contributed by atoms with Crippen LogP contribution >= 0.6 is 0 Å². The molecule has 0 bridgehead atoms. The molecule has 1 aliphatic heterocycles. The predicted octanol–water partition coefficient (Wildman–Crippen LogP) is 4.13. The maximum atomic E-state index is 12.5. The molecule has 1 aliphatic carbocycles. The highest BCUT2D eigenvalue weighted by atomic mass is 16.5. The highest BCUT2D eigenvalue weighted by Crippen LogP contribution is 2.29. The van der Waals surface area contributed by atoms with Crippen LogP contribution in [0, 0.1) is 0 Å². The quantitative estimate of drug-likeness (QED) is 0.794. The third-order valence-electron chi connectivity index (χ3n) is 6.20. The molecule has 6 heteroatoms. The molecule has 0 unspecified atom stereocenters. The van der Waals surface area contributed by atoms with E-state index in [2.05, 4.69) is 21.4 Å². The molecule has 1 aromatic heterocycles. The lowest BCUT2D eigenvalue weighted by Gasteiger charge is -2.32. The number of ether oxygens (including phenoxy) is 1. The Hall–Kier alpha value is -2.34. The molecule has 1 saturated carbocycles. The number of methoxy groups -OCH3 is 1. The Bertz CT molecular complexity index is 813. The van der Waals surface area contributed by atoms with E-state index in [-0.39, 0.29) is 11.9 Å². The van der Waals surface area contributed by atoms with Crippen LogP contribution in [0.4, 0.5) is 0 Å². The summed E-state index contributed by atoms with van der Waals surface area (Å²) >= 11 is 0. The molecule has 2 aromatic rings. The summed E-state index contributed by atoms with van der Waals surface area (Å²) in [4.78, 5) is 14.9. The van der Waals surface area contributed by atoms with Gasteiger partial charge in [-0.3, -0.25) is 9.69 Å². The SMILES string of the molecule is COc1ccccc1CN1CCC[C@@H](c2cc(C(=O)NC3CCCCC3)on2)C1. The number of carbonyl (C=O) groups excluding carboxylic acids is 1. The van der Waals surface area contributed by atoms with E-state index in [1.165, 1.54) is 24.8 Å². The van der Waals surface area contributed by atoms with E-state index in [1.54, 1.807) is 7.11 Å². The van der Waals surface area contributed by atoms with Gasteiger partial charge in [-0.1, -0.05) is 42.6 Å². The highest BCUT2D eigenvalue weighted by Gasteiger charge is 2.26. The van der Waals surface area contributed by atoms with Crippen LogP contribution in [0.2, 0.25) is 0 Å². The molecule has 2 aliphatic rings. The number of hydrogen-bond donors (Lipinski definition) is 1. The maximum Gasteiger partial charge on any atom is 0.290 e. The van der Waals surface area contributed by atoms with Gasteiger partial charge in [-0.05, 0) is 38.3 Å². The number of piperidine rings is 1. The van der Waals surface area contributed by atoms with Crippen molar-refractivity contribution in [3.05, 3.63) is 47.3 Å². The minimum absolute atomic E-state index is 0.127. The lowest BCUT2D eigenvalue weighted by molar-refractivity contribution is 0.0890. The number of aromatic nitrogens is 1. The molecule has 1 N–H and O–H groups in total. The lowest BCUT2D eigenvalue weighted by atomic mass is 9.94. The normalized spacial score (nSPS) is 21.1. The Morgan fingerprint density at radius 3 is 2.86 bits per heavy atom. The average molecular weight is 398 g/mol. The fourth-order valence-electron chi connectivity index (χ4n) is 4.61. The van der Waals surface area contributed by atoms with Crippen LogP contribution in [0.3, 0.4) is 0 Å². The topological polar surface area (TPSA) is 67.6 Å². The molecule has 1 amide bonds. The van der Waals surface area contributed by atoms with Gasteiger partial charge in [0.05, 0.1) is 12.8 Å². The molecule has 2 fully saturated rings. The van der Waals surface area contributed by atoms with Crippen molar-refractivity contribution < 1.29 is 14.1 Å². The maximum absolute atomic E-state index is 12.5. The summed E-state index contributed by atoms with van der Waals surface area (Å²) in [5.41, 5.74) is 2.09. The number of rotatable bonds is 6. The molecule has 6 nitrogen and oxygen atoms in total. The van der Waals surface area contributed by atoms with Crippen molar-refractivity contribution in [3.63, 3.8) is 0 Å². The second kappa shape index (κ2) is 9.44. The molecule has 1 atom stereocenters. The second-order valence-corrected chi connectivity index (χ2v) is 8.31. The molecule has 0 radical (unpaired) electrons. The minimum atomic E-state index is -0.127.